The summed E-state index contributed by atoms with van der Waals surface area (Å²) in [6.45, 7) is 4.92. The molecule has 1 amide bonds. The normalized spacial score (nSPS) is 14.7. The van der Waals surface area contributed by atoms with Crippen molar-refractivity contribution in [3.63, 3.8) is 0 Å². The quantitative estimate of drug-likeness (QED) is 0.666. The van der Waals surface area contributed by atoms with Crippen molar-refractivity contribution in [1.82, 2.24) is 4.31 Å². The Labute approximate surface area is 182 Å². The molecular weight excluding hydrogens is 426 g/mol. The molecule has 7 nitrogen and oxygen atoms in total. The molecule has 0 bridgehead atoms. The Hall–Kier alpha value is -2.13. The number of halogens is 1. The standard InChI is InChI=1S/C21H26ClN3O4S/c1-2-11-25(30(27,28)20-9-3-17(22)4-10-20)16-21(26)23-18-5-7-19(8-6-18)24-12-14-29-15-13-24/h3-10H,2,11-16H2,1H3,(H,23,26). The molecule has 2 aromatic carbocycles. The highest BCUT2D eigenvalue weighted by atomic mass is 35.5. The summed E-state index contributed by atoms with van der Waals surface area (Å²) in [5.41, 5.74) is 1.69. The highest BCUT2D eigenvalue weighted by molar-refractivity contribution is 7.89. The second-order valence-electron chi connectivity index (χ2n) is 6.99. The zero-order valence-electron chi connectivity index (χ0n) is 16.9. The zero-order chi connectivity index (χ0) is 21.6. The van der Waals surface area contributed by atoms with Gasteiger partial charge in [-0.15, -0.1) is 0 Å². The number of rotatable bonds is 8. The Morgan fingerprint density at radius 2 is 1.73 bits per heavy atom. The van der Waals surface area contributed by atoms with E-state index in [1.807, 2.05) is 31.2 Å². The van der Waals surface area contributed by atoms with Crippen LogP contribution in [0.4, 0.5) is 11.4 Å². The molecule has 1 aliphatic rings. The Kier molecular flexibility index (Phi) is 7.71. The summed E-state index contributed by atoms with van der Waals surface area (Å²) < 4.78 is 32.4. The van der Waals surface area contributed by atoms with Crippen LogP contribution in [-0.4, -0.2) is 58.0 Å². The van der Waals surface area contributed by atoms with Crippen LogP contribution in [0.1, 0.15) is 13.3 Å². The van der Waals surface area contributed by atoms with Gasteiger partial charge in [0, 0.05) is 36.0 Å². The van der Waals surface area contributed by atoms with Crippen LogP contribution in [0.3, 0.4) is 0 Å². The van der Waals surface area contributed by atoms with E-state index in [1.54, 1.807) is 0 Å². The fourth-order valence-electron chi connectivity index (χ4n) is 3.23. The molecule has 30 heavy (non-hydrogen) atoms. The SMILES string of the molecule is CCCN(CC(=O)Nc1ccc(N2CCOCC2)cc1)S(=O)(=O)c1ccc(Cl)cc1. The third-order valence-corrected chi connectivity index (χ3v) is 6.88. The molecule has 1 N–H and O–H groups in total. The minimum absolute atomic E-state index is 0.114. The Morgan fingerprint density at radius 1 is 1.10 bits per heavy atom. The van der Waals surface area contributed by atoms with Gasteiger partial charge in [-0.3, -0.25) is 4.79 Å². The summed E-state index contributed by atoms with van der Waals surface area (Å²) in [4.78, 5) is 14.9. The van der Waals surface area contributed by atoms with E-state index in [0.29, 0.717) is 30.3 Å². The van der Waals surface area contributed by atoms with Gasteiger partial charge in [0.1, 0.15) is 0 Å². The molecule has 2 aromatic rings. The summed E-state index contributed by atoms with van der Waals surface area (Å²) in [7, 11) is -3.79. The first kappa shape index (κ1) is 22.6. The van der Waals surface area contributed by atoms with Crippen LogP contribution in [0.2, 0.25) is 5.02 Å². The molecule has 1 saturated heterocycles. The maximum Gasteiger partial charge on any atom is 0.243 e. The highest BCUT2D eigenvalue weighted by Crippen LogP contribution is 2.21. The van der Waals surface area contributed by atoms with E-state index in [-0.39, 0.29) is 23.9 Å². The van der Waals surface area contributed by atoms with Crippen LogP contribution in [0, 0.1) is 0 Å². The maximum absolute atomic E-state index is 12.9. The van der Waals surface area contributed by atoms with Gasteiger partial charge >= 0.3 is 0 Å². The number of ether oxygens (including phenoxy) is 1. The topological polar surface area (TPSA) is 79.0 Å². The molecule has 1 heterocycles. The first-order valence-corrected chi connectivity index (χ1v) is 11.7. The van der Waals surface area contributed by atoms with Crippen LogP contribution in [0.5, 0.6) is 0 Å². The van der Waals surface area contributed by atoms with E-state index >= 15 is 0 Å². The number of hydrogen-bond donors (Lipinski definition) is 1. The summed E-state index contributed by atoms with van der Waals surface area (Å²) in [6, 6.07) is 13.5. The number of sulfonamides is 1. The molecule has 9 heteroatoms. The van der Waals surface area contributed by atoms with E-state index in [9.17, 15) is 13.2 Å². The van der Waals surface area contributed by atoms with Gasteiger partial charge in [-0.2, -0.15) is 4.31 Å². The monoisotopic (exact) mass is 451 g/mol. The van der Waals surface area contributed by atoms with Crippen molar-refractivity contribution in [3.05, 3.63) is 53.6 Å². The largest absolute Gasteiger partial charge is 0.378 e. The van der Waals surface area contributed by atoms with Crippen molar-refractivity contribution in [1.29, 1.82) is 0 Å². The lowest BCUT2D eigenvalue weighted by Gasteiger charge is -2.29. The lowest BCUT2D eigenvalue weighted by atomic mass is 10.2. The van der Waals surface area contributed by atoms with E-state index in [0.717, 1.165) is 18.8 Å². The molecule has 0 saturated carbocycles. The summed E-state index contributed by atoms with van der Waals surface area (Å²) in [5, 5.41) is 3.24. The summed E-state index contributed by atoms with van der Waals surface area (Å²) >= 11 is 5.86. The van der Waals surface area contributed by atoms with Crippen LogP contribution < -0.4 is 10.2 Å². The number of anilines is 2. The maximum atomic E-state index is 12.9. The predicted molar refractivity (Wildman–Crippen MR) is 119 cm³/mol. The summed E-state index contributed by atoms with van der Waals surface area (Å²) in [6.07, 6.45) is 0.592. The van der Waals surface area contributed by atoms with Gasteiger partial charge in [0.15, 0.2) is 0 Å². The number of benzene rings is 2. The molecule has 3 rings (SSSR count). The molecule has 0 atom stereocenters. The first-order valence-electron chi connectivity index (χ1n) is 9.88. The van der Waals surface area contributed by atoms with Gasteiger partial charge < -0.3 is 15.0 Å². The second-order valence-corrected chi connectivity index (χ2v) is 9.36. The third kappa shape index (κ3) is 5.72. The molecule has 0 spiro atoms. The third-order valence-electron chi connectivity index (χ3n) is 4.77. The molecular formula is C21H26ClN3O4S. The predicted octanol–water partition coefficient (Wildman–Crippen LogP) is 3.22. The van der Waals surface area contributed by atoms with Gasteiger partial charge in [0.2, 0.25) is 15.9 Å². The van der Waals surface area contributed by atoms with E-state index < -0.39 is 10.0 Å². The van der Waals surface area contributed by atoms with Crippen LogP contribution >= 0.6 is 11.6 Å². The Balaban J connectivity index is 1.65. The molecule has 1 fully saturated rings. The minimum Gasteiger partial charge on any atom is -0.378 e. The number of carbonyl (C=O) groups is 1. The van der Waals surface area contributed by atoms with Crippen molar-refractivity contribution in [2.45, 2.75) is 18.2 Å². The Bertz CT molecular complexity index is 943. The average Bonchev–Trinajstić information content (AvgIpc) is 2.75. The molecule has 0 aliphatic carbocycles. The second kappa shape index (κ2) is 10.3. The highest BCUT2D eigenvalue weighted by Gasteiger charge is 2.26. The number of carbonyl (C=O) groups excluding carboxylic acids is 1. The number of hydrogen-bond acceptors (Lipinski definition) is 5. The van der Waals surface area contributed by atoms with Crippen molar-refractivity contribution < 1.29 is 17.9 Å². The smallest absolute Gasteiger partial charge is 0.243 e. The fourth-order valence-corrected chi connectivity index (χ4v) is 4.84. The zero-order valence-corrected chi connectivity index (χ0v) is 18.5. The molecule has 0 unspecified atom stereocenters. The van der Waals surface area contributed by atoms with Crippen LogP contribution in [0.15, 0.2) is 53.4 Å². The number of amides is 1. The number of nitrogens with zero attached hydrogens (tertiary/aromatic N) is 2. The fraction of sp³-hybridized carbons (Fsp3) is 0.381. The minimum atomic E-state index is -3.79. The lowest BCUT2D eigenvalue weighted by Crippen LogP contribution is -2.38. The van der Waals surface area contributed by atoms with Crippen molar-refractivity contribution >= 4 is 38.9 Å². The van der Waals surface area contributed by atoms with Gasteiger partial charge in [0.25, 0.3) is 0 Å². The number of morpholine rings is 1. The van der Waals surface area contributed by atoms with Gasteiger partial charge in [-0.25, -0.2) is 8.42 Å². The molecule has 162 valence electrons. The van der Waals surface area contributed by atoms with E-state index in [4.69, 9.17) is 16.3 Å². The first-order chi connectivity index (χ1) is 14.4. The molecule has 0 aromatic heterocycles. The van der Waals surface area contributed by atoms with Crippen LogP contribution in [0.25, 0.3) is 0 Å². The Morgan fingerprint density at radius 3 is 2.33 bits per heavy atom. The van der Waals surface area contributed by atoms with Crippen molar-refractivity contribution in [3.8, 4) is 0 Å². The molecule has 0 radical (unpaired) electrons. The van der Waals surface area contributed by atoms with Crippen molar-refractivity contribution in [2.75, 3.05) is 49.6 Å². The van der Waals surface area contributed by atoms with Gasteiger partial charge in [-0.1, -0.05) is 18.5 Å². The summed E-state index contributed by atoms with van der Waals surface area (Å²) in [5.74, 6) is -0.389. The number of nitrogens with one attached hydrogen (secondary N) is 1. The molecule has 1 aliphatic heterocycles. The van der Waals surface area contributed by atoms with Crippen LogP contribution in [-0.2, 0) is 19.6 Å². The lowest BCUT2D eigenvalue weighted by molar-refractivity contribution is -0.116. The average molecular weight is 452 g/mol. The van der Waals surface area contributed by atoms with Crippen molar-refractivity contribution in [2.24, 2.45) is 0 Å². The van der Waals surface area contributed by atoms with Gasteiger partial charge in [0.05, 0.1) is 24.7 Å². The van der Waals surface area contributed by atoms with E-state index in [1.165, 1.54) is 28.6 Å². The van der Waals surface area contributed by atoms with E-state index in [2.05, 4.69) is 10.2 Å². The van der Waals surface area contributed by atoms with Gasteiger partial charge in [-0.05, 0) is 55.0 Å².